The Morgan fingerprint density at radius 1 is 0.493 bits per heavy atom. The zero-order valence-corrected chi connectivity index (χ0v) is 41.1. The van der Waals surface area contributed by atoms with E-state index in [4.69, 9.17) is 4.42 Å². The predicted molar refractivity (Wildman–Crippen MR) is 295 cm³/mol. The lowest BCUT2D eigenvalue weighted by molar-refractivity contribution is 0.332. The fourth-order valence-electron chi connectivity index (χ4n) is 12.5. The van der Waals surface area contributed by atoms with Crippen LogP contribution in [0.3, 0.4) is 0 Å². The minimum atomic E-state index is -0.0996. The maximum atomic E-state index is 6.98. The van der Waals surface area contributed by atoms with Crippen LogP contribution in [0.4, 0.5) is 28.4 Å². The summed E-state index contributed by atoms with van der Waals surface area (Å²) in [7, 11) is 0.779. The molecule has 0 spiro atoms. The number of furan rings is 1. The van der Waals surface area contributed by atoms with Crippen molar-refractivity contribution >= 4 is 79.4 Å². The summed E-state index contributed by atoms with van der Waals surface area (Å²) in [6.07, 6.45) is 2.34. The molecule has 336 valence electrons. The van der Waals surface area contributed by atoms with Gasteiger partial charge in [0, 0.05) is 56.3 Å². The van der Waals surface area contributed by atoms with Crippen molar-refractivity contribution in [1.29, 1.82) is 0 Å². The molecule has 1 N–H and O–H groups in total. The van der Waals surface area contributed by atoms with Gasteiger partial charge in [-0.25, -0.2) is 0 Å². The van der Waals surface area contributed by atoms with Crippen LogP contribution in [0.2, 0.25) is 0 Å². The summed E-state index contributed by atoms with van der Waals surface area (Å²) >= 11 is 0. The van der Waals surface area contributed by atoms with Crippen molar-refractivity contribution in [2.45, 2.75) is 84.5 Å². The van der Waals surface area contributed by atoms with Gasteiger partial charge in [-0.2, -0.15) is 0 Å². The van der Waals surface area contributed by atoms with Gasteiger partial charge < -0.3 is 14.6 Å². The number of aryl methyl sites for hydroxylation is 2. The van der Waals surface area contributed by atoms with Gasteiger partial charge in [0.2, 0.25) is 0 Å². The average Bonchev–Trinajstić information content (AvgIpc) is 3.81. The third kappa shape index (κ3) is 6.48. The number of benzene rings is 9. The Morgan fingerprint density at radius 2 is 1.17 bits per heavy atom. The second-order valence-corrected chi connectivity index (χ2v) is 22.2. The van der Waals surface area contributed by atoms with Gasteiger partial charge in [-0.3, -0.25) is 0 Å². The molecule has 2 aliphatic carbocycles. The van der Waals surface area contributed by atoms with Crippen LogP contribution in [-0.4, -0.2) is 7.28 Å². The van der Waals surface area contributed by atoms with E-state index in [2.05, 4.69) is 229 Å². The van der Waals surface area contributed by atoms with Crippen LogP contribution in [0, 0.1) is 13.8 Å². The minimum Gasteiger partial charge on any atom is -0.456 e. The fourth-order valence-corrected chi connectivity index (χ4v) is 12.5. The Balaban J connectivity index is 1.02. The molecular weight excluding hydrogens is 836 g/mol. The molecule has 0 unspecified atom stereocenters. The number of hydrogen-bond acceptors (Lipinski definition) is 3. The molecule has 9 aromatic carbocycles. The van der Waals surface area contributed by atoms with Crippen LogP contribution in [0.5, 0.6) is 0 Å². The molecular formula is C65H57BN2O. The van der Waals surface area contributed by atoms with Gasteiger partial charge in [-0.05, 0) is 170 Å². The van der Waals surface area contributed by atoms with Gasteiger partial charge in [-0.15, -0.1) is 0 Å². The van der Waals surface area contributed by atoms with Crippen molar-refractivity contribution in [3.05, 3.63) is 197 Å². The van der Waals surface area contributed by atoms with Crippen LogP contribution in [0.15, 0.2) is 168 Å². The van der Waals surface area contributed by atoms with Gasteiger partial charge in [0.1, 0.15) is 11.2 Å². The highest BCUT2D eigenvalue weighted by Gasteiger charge is 2.39. The number of fused-ring (bicyclic) bond motifs is 10. The lowest BCUT2D eigenvalue weighted by Gasteiger charge is -2.41. The fraction of sp³-hybridized carbons (Fsp3) is 0.200. The summed E-state index contributed by atoms with van der Waals surface area (Å²) < 4.78 is 6.98. The SMILES string of the molecule is Cc1cc(-c2cc3ccccc3cc2Nc2ccc3c(c2)C(C)(C)c2ccccc2-3)c2c(c1)N(c1ccc(-c3ccccc3)cc1C)c1cc3oc4cc5c(cc4c3cc1B2)C(C)(C)CCC5(C)C. The summed E-state index contributed by atoms with van der Waals surface area (Å²) in [4.78, 5) is 2.53. The summed E-state index contributed by atoms with van der Waals surface area (Å²) in [5.74, 6) is 0. The Hall–Kier alpha value is -7.30. The van der Waals surface area contributed by atoms with Gasteiger partial charge >= 0.3 is 0 Å². The lowest BCUT2D eigenvalue weighted by atomic mass is 9.57. The molecule has 69 heavy (non-hydrogen) atoms. The Bertz CT molecular complexity index is 3800. The van der Waals surface area contributed by atoms with E-state index >= 15 is 0 Å². The average molecular weight is 893 g/mol. The van der Waals surface area contributed by atoms with Crippen LogP contribution in [0.1, 0.15) is 87.8 Å². The second kappa shape index (κ2) is 14.9. The number of nitrogens with one attached hydrogen (secondary N) is 1. The van der Waals surface area contributed by atoms with E-state index in [1.54, 1.807) is 0 Å². The Labute approximate surface area is 407 Å². The summed E-state index contributed by atoms with van der Waals surface area (Å²) in [5.41, 5.74) is 25.9. The topological polar surface area (TPSA) is 28.4 Å². The molecule has 1 aromatic heterocycles. The predicted octanol–water partition coefficient (Wildman–Crippen LogP) is 16.3. The molecule has 0 bridgehead atoms. The summed E-state index contributed by atoms with van der Waals surface area (Å²) in [6, 6.07) is 61.6. The van der Waals surface area contributed by atoms with E-state index in [9.17, 15) is 0 Å². The van der Waals surface area contributed by atoms with Crippen molar-refractivity contribution in [1.82, 2.24) is 0 Å². The van der Waals surface area contributed by atoms with Crippen molar-refractivity contribution in [3.63, 3.8) is 0 Å². The normalized spacial score (nSPS) is 15.9. The molecule has 10 aromatic rings. The largest absolute Gasteiger partial charge is 0.456 e. The van der Waals surface area contributed by atoms with Gasteiger partial charge in [0.25, 0.3) is 0 Å². The zero-order chi connectivity index (χ0) is 47.1. The number of hydrogen-bond donors (Lipinski definition) is 1. The molecule has 0 fully saturated rings. The number of anilines is 5. The maximum Gasteiger partial charge on any atom is 0.198 e. The third-order valence-electron chi connectivity index (χ3n) is 16.4. The molecule has 0 saturated heterocycles. The molecule has 0 amide bonds. The highest BCUT2D eigenvalue weighted by molar-refractivity contribution is 6.73. The first kappa shape index (κ1) is 41.9. The van der Waals surface area contributed by atoms with E-state index in [0.29, 0.717) is 0 Å². The van der Waals surface area contributed by atoms with Gasteiger partial charge in [0.15, 0.2) is 7.28 Å². The van der Waals surface area contributed by atoms with E-state index in [1.807, 2.05) is 0 Å². The molecule has 13 rings (SSSR count). The molecule has 1 aliphatic heterocycles. The van der Waals surface area contributed by atoms with Crippen LogP contribution in [-0.2, 0) is 16.2 Å². The van der Waals surface area contributed by atoms with Crippen molar-refractivity contribution in [2.24, 2.45) is 0 Å². The summed E-state index contributed by atoms with van der Waals surface area (Å²) in [6.45, 7) is 18.9. The highest BCUT2D eigenvalue weighted by atomic mass is 16.3. The highest BCUT2D eigenvalue weighted by Crippen LogP contribution is 2.51. The molecule has 0 radical (unpaired) electrons. The zero-order valence-electron chi connectivity index (χ0n) is 41.1. The van der Waals surface area contributed by atoms with Gasteiger partial charge in [0.05, 0.1) is 0 Å². The lowest BCUT2D eigenvalue weighted by Crippen LogP contribution is -2.41. The molecule has 0 saturated carbocycles. The number of nitrogens with zero attached hydrogens (tertiary/aromatic N) is 1. The van der Waals surface area contributed by atoms with Crippen molar-refractivity contribution in [2.75, 3.05) is 10.2 Å². The quantitative estimate of drug-likeness (QED) is 0.175. The minimum absolute atomic E-state index is 0.0901. The Kier molecular flexibility index (Phi) is 9.01. The first-order chi connectivity index (χ1) is 33.2. The summed E-state index contributed by atoms with van der Waals surface area (Å²) in [5, 5.41) is 8.86. The molecule has 2 heterocycles. The van der Waals surface area contributed by atoms with Crippen molar-refractivity contribution in [3.8, 4) is 33.4 Å². The van der Waals surface area contributed by atoms with Crippen LogP contribution >= 0.6 is 0 Å². The van der Waals surface area contributed by atoms with Crippen molar-refractivity contribution < 1.29 is 4.42 Å². The van der Waals surface area contributed by atoms with E-state index < -0.39 is 0 Å². The monoisotopic (exact) mass is 892 g/mol. The van der Waals surface area contributed by atoms with Gasteiger partial charge in [-0.1, -0.05) is 150 Å². The second-order valence-electron chi connectivity index (χ2n) is 22.2. The van der Waals surface area contributed by atoms with E-state index in [1.165, 1.54) is 129 Å². The van der Waals surface area contributed by atoms with E-state index in [-0.39, 0.29) is 16.2 Å². The molecule has 3 nitrogen and oxygen atoms in total. The maximum absolute atomic E-state index is 6.98. The molecule has 4 heteroatoms. The first-order valence-electron chi connectivity index (χ1n) is 24.9. The molecule has 0 atom stereocenters. The Morgan fingerprint density at radius 3 is 1.96 bits per heavy atom. The van der Waals surface area contributed by atoms with Crippen LogP contribution in [0.25, 0.3) is 66.1 Å². The van der Waals surface area contributed by atoms with E-state index in [0.717, 1.165) is 29.8 Å². The van der Waals surface area contributed by atoms with Crippen LogP contribution < -0.4 is 21.1 Å². The standard InChI is InChI=1S/C65H57BN2O/c1-38-28-50(47-31-41-18-12-13-19-42(41)32-56(47)67-44-23-24-46-45-20-14-15-21-51(45)65(7,8)52(46)33-44)62-59(29-38)68(57-25-22-43(30-39(57)2)40-16-10-9-11-17-40)58-37-61-49(35-55(58)66-62)48-34-53-54(36-60(48)69-61)64(5,6)27-26-63(53,3)4/h9-25,28-37,66-67H,26-27H2,1-8H3. The third-order valence-corrected chi connectivity index (χ3v) is 16.4. The smallest absolute Gasteiger partial charge is 0.198 e. The first-order valence-corrected chi connectivity index (χ1v) is 24.9. The number of rotatable bonds is 5. The molecule has 3 aliphatic rings.